The van der Waals surface area contributed by atoms with Crippen LogP contribution in [0.3, 0.4) is 0 Å². The Morgan fingerprint density at radius 3 is 2.75 bits per heavy atom. The van der Waals surface area contributed by atoms with Gasteiger partial charge in [0.15, 0.2) is 0 Å². The summed E-state index contributed by atoms with van der Waals surface area (Å²) in [6.07, 6.45) is 3.38. The number of pyridine rings is 2. The lowest BCUT2D eigenvalue weighted by Gasteiger charge is -2.17. The van der Waals surface area contributed by atoms with Crippen LogP contribution in [0.4, 0.5) is 0 Å². The van der Waals surface area contributed by atoms with Gasteiger partial charge in [-0.2, -0.15) is 0 Å². The van der Waals surface area contributed by atoms with E-state index in [4.69, 9.17) is 5.73 Å². The van der Waals surface area contributed by atoms with Crippen molar-refractivity contribution < 1.29 is 4.79 Å². The Labute approximate surface area is 124 Å². The molecule has 0 aliphatic carbocycles. The number of aromatic nitrogens is 2. The number of hydrogen-bond donors (Lipinski definition) is 2. The second-order valence-corrected chi connectivity index (χ2v) is 4.95. The van der Waals surface area contributed by atoms with Crippen molar-refractivity contribution in [3.8, 4) is 0 Å². The molecule has 1 unspecified atom stereocenters. The van der Waals surface area contributed by atoms with Gasteiger partial charge in [0, 0.05) is 12.4 Å². The highest BCUT2D eigenvalue weighted by molar-refractivity contribution is 5.85. The van der Waals surface area contributed by atoms with Gasteiger partial charge >= 0.3 is 0 Å². The number of carbonyl (C=O) groups excluding carboxylic acids is 1. The Balaban J connectivity index is 0.00000200. The van der Waals surface area contributed by atoms with Gasteiger partial charge in [0.05, 0.1) is 11.0 Å². The Morgan fingerprint density at radius 2 is 2.10 bits per heavy atom. The number of fused-ring (bicyclic) bond motifs is 1. The van der Waals surface area contributed by atoms with E-state index < -0.39 is 11.9 Å². The first kappa shape index (κ1) is 16.3. The van der Waals surface area contributed by atoms with Crippen molar-refractivity contribution in [3.05, 3.63) is 36.2 Å². The van der Waals surface area contributed by atoms with Crippen molar-refractivity contribution in [1.29, 1.82) is 0 Å². The van der Waals surface area contributed by atoms with E-state index in [9.17, 15) is 4.79 Å². The molecule has 2 heterocycles. The molecule has 0 aliphatic rings. The zero-order valence-electron chi connectivity index (χ0n) is 11.5. The maximum Gasteiger partial charge on any atom is 0.239 e. The van der Waals surface area contributed by atoms with Crippen LogP contribution in [0.25, 0.3) is 11.0 Å². The molecule has 0 bridgehead atoms. The number of nitrogens with zero attached hydrogens (tertiary/aromatic N) is 2. The lowest BCUT2D eigenvalue weighted by atomic mass is 10.1. The lowest BCUT2D eigenvalue weighted by Crippen LogP contribution is -2.35. The third-order valence-electron chi connectivity index (χ3n) is 2.82. The number of primary amides is 1. The number of hydrogen-bond acceptors (Lipinski definition) is 4. The Hall–Kier alpha value is -1.72. The van der Waals surface area contributed by atoms with E-state index in [2.05, 4.69) is 29.1 Å². The molecular weight excluding hydrogens is 276 g/mol. The summed E-state index contributed by atoms with van der Waals surface area (Å²) in [6, 6.07) is 5.04. The minimum atomic E-state index is -0.527. The van der Waals surface area contributed by atoms with Crippen LogP contribution in [0.5, 0.6) is 0 Å². The first-order chi connectivity index (χ1) is 9.08. The molecule has 108 valence electrons. The minimum absolute atomic E-state index is 0. The number of rotatable bonds is 5. The lowest BCUT2D eigenvalue weighted by molar-refractivity contribution is -0.120. The molecule has 3 N–H and O–H groups in total. The maximum atomic E-state index is 11.6. The van der Waals surface area contributed by atoms with Gasteiger partial charge in [-0.1, -0.05) is 13.8 Å². The van der Waals surface area contributed by atoms with Gasteiger partial charge in [-0.15, -0.1) is 12.4 Å². The summed E-state index contributed by atoms with van der Waals surface area (Å²) in [6.45, 7) is 4.87. The SMILES string of the molecule is CC(C)CNC(C(N)=O)c1cnc2cccnc2c1.Cl. The number of amides is 1. The maximum absolute atomic E-state index is 11.6. The third-order valence-corrected chi connectivity index (χ3v) is 2.82. The van der Waals surface area contributed by atoms with Crippen LogP contribution in [0.2, 0.25) is 0 Å². The molecule has 1 amide bonds. The molecule has 2 aromatic heterocycles. The van der Waals surface area contributed by atoms with Crippen LogP contribution >= 0.6 is 12.4 Å². The van der Waals surface area contributed by atoms with Crippen LogP contribution < -0.4 is 11.1 Å². The molecule has 2 aromatic rings. The largest absolute Gasteiger partial charge is 0.368 e. The van der Waals surface area contributed by atoms with Gasteiger partial charge in [0.1, 0.15) is 6.04 Å². The summed E-state index contributed by atoms with van der Waals surface area (Å²) in [5, 5.41) is 3.16. The summed E-state index contributed by atoms with van der Waals surface area (Å²) in [7, 11) is 0. The Morgan fingerprint density at radius 1 is 1.35 bits per heavy atom. The molecule has 0 aromatic carbocycles. The van der Waals surface area contributed by atoms with E-state index in [-0.39, 0.29) is 12.4 Å². The van der Waals surface area contributed by atoms with Crippen molar-refractivity contribution in [1.82, 2.24) is 15.3 Å². The molecule has 0 saturated carbocycles. The van der Waals surface area contributed by atoms with Crippen LogP contribution in [-0.2, 0) is 4.79 Å². The van der Waals surface area contributed by atoms with Gasteiger partial charge in [-0.05, 0) is 36.2 Å². The topological polar surface area (TPSA) is 80.9 Å². The fourth-order valence-electron chi connectivity index (χ4n) is 1.86. The zero-order valence-corrected chi connectivity index (χ0v) is 12.4. The van der Waals surface area contributed by atoms with Crippen molar-refractivity contribution in [2.24, 2.45) is 11.7 Å². The smallest absolute Gasteiger partial charge is 0.239 e. The Bertz CT molecular complexity index is 588. The highest BCUT2D eigenvalue weighted by Gasteiger charge is 2.18. The van der Waals surface area contributed by atoms with Crippen molar-refractivity contribution in [2.45, 2.75) is 19.9 Å². The minimum Gasteiger partial charge on any atom is -0.368 e. The molecule has 2 rings (SSSR count). The normalized spacial score (nSPS) is 12.2. The molecule has 0 saturated heterocycles. The highest BCUT2D eigenvalue weighted by atomic mass is 35.5. The fourth-order valence-corrected chi connectivity index (χ4v) is 1.86. The van der Waals surface area contributed by atoms with Crippen molar-refractivity contribution >= 4 is 29.3 Å². The molecule has 0 spiro atoms. The zero-order chi connectivity index (χ0) is 13.8. The quantitative estimate of drug-likeness (QED) is 0.881. The number of nitrogens with two attached hydrogens (primary N) is 1. The van der Waals surface area contributed by atoms with E-state index in [0.29, 0.717) is 12.5 Å². The Kier molecular flexibility index (Phi) is 5.85. The molecule has 0 aliphatic heterocycles. The van der Waals surface area contributed by atoms with Gasteiger partial charge in [0.2, 0.25) is 5.91 Å². The highest BCUT2D eigenvalue weighted by Crippen LogP contribution is 2.16. The predicted octanol–water partition coefficient (Wildman–Crippen LogP) is 1.82. The summed E-state index contributed by atoms with van der Waals surface area (Å²) < 4.78 is 0. The van der Waals surface area contributed by atoms with E-state index in [1.54, 1.807) is 12.4 Å². The van der Waals surface area contributed by atoms with Gasteiger partial charge in [-0.3, -0.25) is 14.8 Å². The van der Waals surface area contributed by atoms with Crippen LogP contribution in [0, 0.1) is 5.92 Å². The molecule has 1 atom stereocenters. The van der Waals surface area contributed by atoms with Crippen molar-refractivity contribution in [3.63, 3.8) is 0 Å². The average Bonchev–Trinajstić information content (AvgIpc) is 2.38. The summed E-state index contributed by atoms with van der Waals surface area (Å²) in [4.78, 5) is 20.1. The third kappa shape index (κ3) is 3.88. The standard InChI is InChI=1S/C14H18N4O.ClH/c1-9(2)7-18-13(14(15)19)10-6-12-11(17-8-10)4-3-5-16-12;/h3-6,8-9,13,18H,7H2,1-2H3,(H2,15,19);1H. The average molecular weight is 295 g/mol. The molecule has 0 fully saturated rings. The molecule has 20 heavy (non-hydrogen) atoms. The molecule has 5 nitrogen and oxygen atoms in total. The summed E-state index contributed by atoms with van der Waals surface area (Å²) >= 11 is 0. The first-order valence-electron chi connectivity index (χ1n) is 6.31. The van der Waals surface area contributed by atoms with E-state index in [1.807, 2.05) is 18.2 Å². The number of nitrogens with one attached hydrogen (secondary N) is 1. The monoisotopic (exact) mass is 294 g/mol. The van der Waals surface area contributed by atoms with Gasteiger partial charge < -0.3 is 11.1 Å². The molecular formula is C14H19ClN4O. The van der Waals surface area contributed by atoms with Crippen LogP contribution in [0.1, 0.15) is 25.5 Å². The number of carbonyl (C=O) groups is 1. The number of halogens is 1. The van der Waals surface area contributed by atoms with Gasteiger partial charge in [0.25, 0.3) is 0 Å². The predicted molar refractivity (Wildman–Crippen MR) is 81.6 cm³/mol. The second kappa shape index (κ2) is 7.17. The summed E-state index contributed by atoms with van der Waals surface area (Å²) in [5.74, 6) is 0.0334. The van der Waals surface area contributed by atoms with E-state index in [1.165, 1.54) is 0 Å². The molecule has 6 heteroatoms. The van der Waals surface area contributed by atoms with Crippen molar-refractivity contribution in [2.75, 3.05) is 6.54 Å². The first-order valence-corrected chi connectivity index (χ1v) is 6.31. The van der Waals surface area contributed by atoms with E-state index in [0.717, 1.165) is 16.6 Å². The molecule has 0 radical (unpaired) electrons. The van der Waals surface area contributed by atoms with Gasteiger partial charge in [-0.25, -0.2) is 0 Å². The summed E-state index contributed by atoms with van der Waals surface area (Å²) in [5.41, 5.74) is 7.76. The van der Waals surface area contributed by atoms with Crippen LogP contribution in [-0.4, -0.2) is 22.4 Å². The van der Waals surface area contributed by atoms with E-state index >= 15 is 0 Å². The van der Waals surface area contributed by atoms with Crippen LogP contribution in [0.15, 0.2) is 30.6 Å². The fraction of sp³-hybridized carbons (Fsp3) is 0.357. The second-order valence-electron chi connectivity index (χ2n) is 4.95.